The van der Waals surface area contributed by atoms with Gasteiger partial charge in [0, 0.05) is 45.0 Å². The standard InChI is InChI=1S/C26H34N4O5S2/c1-5-29-22(28-12-9-18(10-13-28)25(33)35-7-3)19(17(4)20(16-27)23(29)31)15-21-24(32)30(26(36)37-21)11-8-14-34-6-2/h15,18H,5-14H2,1-4H3/b21-15-. The van der Waals surface area contributed by atoms with Gasteiger partial charge in [0.1, 0.15) is 21.8 Å². The lowest BCUT2D eigenvalue weighted by molar-refractivity contribution is -0.148. The molecule has 200 valence electrons. The van der Waals surface area contributed by atoms with Crippen molar-refractivity contribution in [1.29, 1.82) is 5.26 Å². The smallest absolute Gasteiger partial charge is 0.309 e. The summed E-state index contributed by atoms with van der Waals surface area (Å²) >= 11 is 6.70. The van der Waals surface area contributed by atoms with E-state index in [1.54, 1.807) is 29.4 Å². The Morgan fingerprint density at radius 2 is 1.92 bits per heavy atom. The second-order valence-electron chi connectivity index (χ2n) is 8.80. The van der Waals surface area contributed by atoms with Crippen LogP contribution in [0.4, 0.5) is 5.82 Å². The maximum absolute atomic E-state index is 13.2. The fraction of sp³-hybridized carbons (Fsp3) is 0.577. The number of amides is 1. The van der Waals surface area contributed by atoms with E-state index >= 15 is 0 Å². The van der Waals surface area contributed by atoms with Crippen molar-refractivity contribution in [3.8, 4) is 6.07 Å². The van der Waals surface area contributed by atoms with Crippen molar-refractivity contribution >= 4 is 52.1 Å². The summed E-state index contributed by atoms with van der Waals surface area (Å²) in [5.41, 5.74) is 0.889. The maximum Gasteiger partial charge on any atom is 0.309 e. The number of aromatic nitrogens is 1. The molecule has 3 rings (SSSR count). The summed E-state index contributed by atoms with van der Waals surface area (Å²) in [6.45, 7) is 10.7. The van der Waals surface area contributed by atoms with Crippen LogP contribution >= 0.6 is 24.0 Å². The average molecular weight is 547 g/mol. The zero-order valence-electron chi connectivity index (χ0n) is 21.9. The summed E-state index contributed by atoms with van der Waals surface area (Å²) in [6, 6.07) is 2.05. The zero-order valence-corrected chi connectivity index (χ0v) is 23.5. The van der Waals surface area contributed by atoms with E-state index in [9.17, 15) is 19.6 Å². The maximum atomic E-state index is 13.2. The van der Waals surface area contributed by atoms with Gasteiger partial charge in [0.25, 0.3) is 11.5 Å². The Hall–Kier alpha value is -2.68. The lowest BCUT2D eigenvalue weighted by Crippen LogP contribution is -2.41. The molecule has 0 aliphatic carbocycles. The number of esters is 1. The van der Waals surface area contributed by atoms with Crippen LogP contribution in [0.15, 0.2) is 9.70 Å². The molecule has 11 heteroatoms. The van der Waals surface area contributed by atoms with E-state index in [4.69, 9.17) is 21.7 Å². The highest BCUT2D eigenvalue weighted by Gasteiger charge is 2.34. The number of anilines is 1. The molecule has 0 N–H and O–H groups in total. The predicted molar refractivity (Wildman–Crippen MR) is 148 cm³/mol. The second-order valence-corrected chi connectivity index (χ2v) is 10.5. The second kappa shape index (κ2) is 13.2. The number of thioether (sulfide) groups is 1. The predicted octanol–water partition coefficient (Wildman–Crippen LogP) is 3.46. The molecule has 2 fully saturated rings. The Morgan fingerprint density at radius 1 is 1.22 bits per heavy atom. The van der Waals surface area contributed by atoms with Crippen LogP contribution in [0, 0.1) is 24.2 Å². The minimum absolute atomic E-state index is 0.0606. The molecule has 0 atom stereocenters. The van der Waals surface area contributed by atoms with E-state index in [1.807, 2.05) is 13.8 Å². The highest BCUT2D eigenvalue weighted by molar-refractivity contribution is 8.26. The van der Waals surface area contributed by atoms with Gasteiger partial charge in [-0.25, -0.2) is 0 Å². The topological polar surface area (TPSA) is 105 Å². The molecule has 37 heavy (non-hydrogen) atoms. The van der Waals surface area contributed by atoms with E-state index in [2.05, 4.69) is 11.0 Å². The molecule has 1 aromatic heterocycles. The SMILES string of the molecule is CCOCCCN1C(=O)/C(=C/c2c(C)c(C#N)c(=O)n(CC)c2N2CCC(C(=O)OCC)CC2)SC1=S. The largest absolute Gasteiger partial charge is 0.466 e. The quantitative estimate of drug-likeness (QED) is 0.189. The number of thiocarbonyl (C=S) groups is 1. The van der Waals surface area contributed by atoms with E-state index < -0.39 is 0 Å². The van der Waals surface area contributed by atoms with Crippen molar-refractivity contribution in [3.63, 3.8) is 0 Å². The van der Waals surface area contributed by atoms with Gasteiger partial charge in [-0.3, -0.25) is 23.9 Å². The molecular weight excluding hydrogens is 512 g/mol. The fourth-order valence-corrected chi connectivity index (χ4v) is 5.95. The Kier molecular flexibility index (Phi) is 10.3. The van der Waals surface area contributed by atoms with Gasteiger partial charge in [-0.05, 0) is 58.6 Å². The lowest BCUT2D eigenvalue weighted by Gasteiger charge is -2.35. The van der Waals surface area contributed by atoms with Crippen LogP contribution in [-0.2, 0) is 25.6 Å². The number of carbonyl (C=O) groups excluding carboxylic acids is 2. The number of rotatable bonds is 10. The molecule has 0 radical (unpaired) electrons. The first kappa shape index (κ1) is 28.9. The van der Waals surface area contributed by atoms with E-state index in [0.717, 1.165) is 0 Å². The van der Waals surface area contributed by atoms with Crippen LogP contribution in [0.5, 0.6) is 0 Å². The molecule has 0 unspecified atom stereocenters. The molecule has 2 saturated heterocycles. The van der Waals surface area contributed by atoms with E-state index in [0.29, 0.717) is 91.4 Å². The van der Waals surface area contributed by atoms with Gasteiger partial charge < -0.3 is 14.4 Å². The summed E-state index contributed by atoms with van der Waals surface area (Å²) in [6.07, 6.45) is 3.62. The minimum Gasteiger partial charge on any atom is -0.466 e. The van der Waals surface area contributed by atoms with E-state index in [1.165, 1.54) is 11.8 Å². The van der Waals surface area contributed by atoms with Crippen molar-refractivity contribution in [2.45, 2.75) is 53.5 Å². The normalized spacial score (nSPS) is 17.5. The van der Waals surface area contributed by atoms with Crippen LogP contribution < -0.4 is 10.5 Å². The lowest BCUT2D eigenvalue weighted by atomic mass is 9.95. The molecule has 1 aromatic rings. The van der Waals surface area contributed by atoms with Crippen LogP contribution in [0.25, 0.3) is 6.08 Å². The first-order valence-corrected chi connectivity index (χ1v) is 13.9. The van der Waals surface area contributed by atoms with Crippen LogP contribution in [0.1, 0.15) is 56.7 Å². The first-order valence-electron chi connectivity index (χ1n) is 12.7. The number of piperidine rings is 1. The summed E-state index contributed by atoms with van der Waals surface area (Å²) in [5.74, 6) is 0.0895. The monoisotopic (exact) mass is 546 g/mol. The fourth-order valence-electron chi connectivity index (χ4n) is 4.66. The number of nitrogens with zero attached hydrogens (tertiary/aromatic N) is 4. The number of nitriles is 1. The van der Waals surface area contributed by atoms with Gasteiger partial charge in [0.2, 0.25) is 0 Å². The highest BCUT2D eigenvalue weighted by atomic mass is 32.2. The summed E-state index contributed by atoms with van der Waals surface area (Å²) in [4.78, 5) is 42.8. The van der Waals surface area contributed by atoms with Gasteiger partial charge in [-0.2, -0.15) is 5.26 Å². The zero-order chi connectivity index (χ0) is 27.1. The molecule has 0 bridgehead atoms. The Morgan fingerprint density at radius 3 is 2.51 bits per heavy atom. The van der Waals surface area contributed by atoms with Crippen molar-refractivity contribution in [2.24, 2.45) is 5.92 Å². The number of hydrogen-bond acceptors (Lipinski definition) is 9. The third-order valence-corrected chi connectivity index (χ3v) is 7.98. The molecule has 0 spiro atoms. The molecule has 2 aliphatic heterocycles. The van der Waals surface area contributed by atoms with Gasteiger partial charge in [0.05, 0.1) is 17.4 Å². The Bertz CT molecular complexity index is 1180. The van der Waals surface area contributed by atoms with Crippen molar-refractivity contribution in [2.75, 3.05) is 44.4 Å². The molecule has 0 saturated carbocycles. The van der Waals surface area contributed by atoms with Crippen molar-refractivity contribution in [3.05, 3.63) is 31.9 Å². The minimum atomic E-state index is -0.356. The van der Waals surface area contributed by atoms with Gasteiger partial charge >= 0.3 is 5.97 Å². The van der Waals surface area contributed by atoms with Gasteiger partial charge in [-0.15, -0.1) is 0 Å². The molecular formula is C26H34N4O5S2. The summed E-state index contributed by atoms with van der Waals surface area (Å²) in [7, 11) is 0. The van der Waals surface area contributed by atoms with Gasteiger partial charge in [0.15, 0.2) is 0 Å². The number of ether oxygens (including phenoxy) is 2. The molecule has 3 heterocycles. The average Bonchev–Trinajstić information content (AvgIpc) is 3.15. The van der Waals surface area contributed by atoms with Crippen LogP contribution in [-0.4, -0.2) is 65.1 Å². The number of hydrogen-bond donors (Lipinski definition) is 0. The number of pyridine rings is 1. The summed E-state index contributed by atoms with van der Waals surface area (Å²) in [5, 5.41) is 9.77. The molecule has 0 aromatic carbocycles. The summed E-state index contributed by atoms with van der Waals surface area (Å²) < 4.78 is 12.6. The molecule has 1 amide bonds. The highest BCUT2D eigenvalue weighted by Crippen LogP contribution is 2.37. The Balaban J connectivity index is 2.00. The molecule has 2 aliphatic rings. The third-order valence-electron chi connectivity index (χ3n) is 6.60. The van der Waals surface area contributed by atoms with Crippen LogP contribution in [0.2, 0.25) is 0 Å². The van der Waals surface area contributed by atoms with Gasteiger partial charge in [-0.1, -0.05) is 24.0 Å². The number of carbonyl (C=O) groups is 2. The van der Waals surface area contributed by atoms with E-state index in [-0.39, 0.29) is 28.9 Å². The first-order chi connectivity index (χ1) is 17.8. The van der Waals surface area contributed by atoms with Crippen molar-refractivity contribution < 1.29 is 19.1 Å². The third kappa shape index (κ3) is 6.25. The van der Waals surface area contributed by atoms with Crippen molar-refractivity contribution in [1.82, 2.24) is 9.47 Å². The van der Waals surface area contributed by atoms with Crippen LogP contribution in [0.3, 0.4) is 0 Å². The Labute approximate surface area is 227 Å². The molecule has 9 nitrogen and oxygen atoms in total.